The first-order valence-corrected chi connectivity index (χ1v) is 9.37. The van der Waals surface area contributed by atoms with Gasteiger partial charge in [0.25, 0.3) is 5.56 Å². The Hall–Kier alpha value is -2.42. The molecule has 0 aliphatic carbocycles. The molecule has 28 heavy (non-hydrogen) atoms. The summed E-state index contributed by atoms with van der Waals surface area (Å²) >= 11 is 0. The monoisotopic (exact) mass is 396 g/mol. The molecule has 1 aliphatic rings. The van der Waals surface area contributed by atoms with Crippen LogP contribution in [0.5, 0.6) is 0 Å². The van der Waals surface area contributed by atoms with Crippen LogP contribution in [0.1, 0.15) is 25.1 Å². The summed E-state index contributed by atoms with van der Waals surface area (Å²) in [6.07, 6.45) is -2.44. The van der Waals surface area contributed by atoms with Gasteiger partial charge in [-0.2, -0.15) is 13.2 Å². The van der Waals surface area contributed by atoms with E-state index >= 15 is 0 Å². The molecular formula is C19H23F3N4O2. The number of H-pyrrole nitrogens is 1. The van der Waals surface area contributed by atoms with Crippen LogP contribution in [0.4, 0.5) is 13.2 Å². The summed E-state index contributed by atoms with van der Waals surface area (Å²) in [4.78, 5) is 34.6. The van der Waals surface area contributed by atoms with Crippen molar-refractivity contribution in [3.8, 4) is 0 Å². The molecule has 0 radical (unpaired) electrons. The van der Waals surface area contributed by atoms with E-state index < -0.39 is 12.7 Å². The van der Waals surface area contributed by atoms with Crippen LogP contribution in [0.25, 0.3) is 10.9 Å². The quantitative estimate of drug-likeness (QED) is 0.842. The molecule has 1 fully saturated rings. The second kappa shape index (κ2) is 8.72. The van der Waals surface area contributed by atoms with Gasteiger partial charge in [0, 0.05) is 39.0 Å². The molecular weight excluding hydrogens is 373 g/mol. The number of aromatic amines is 1. The summed E-state index contributed by atoms with van der Waals surface area (Å²) < 4.78 is 37.6. The lowest BCUT2D eigenvalue weighted by atomic mass is 10.2. The van der Waals surface area contributed by atoms with E-state index in [1.807, 2.05) is 6.07 Å². The van der Waals surface area contributed by atoms with Gasteiger partial charge in [-0.05, 0) is 25.0 Å². The number of rotatable bonds is 5. The van der Waals surface area contributed by atoms with Gasteiger partial charge in [0.2, 0.25) is 5.91 Å². The van der Waals surface area contributed by atoms with E-state index in [-0.39, 0.29) is 24.4 Å². The van der Waals surface area contributed by atoms with Gasteiger partial charge < -0.3 is 9.88 Å². The number of alkyl halides is 3. The average molecular weight is 396 g/mol. The van der Waals surface area contributed by atoms with Crippen molar-refractivity contribution in [2.45, 2.75) is 31.9 Å². The number of aromatic nitrogens is 2. The SMILES string of the molecule is O=C(CCCc1nc2ccccc2c(=O)[nH]1)N1CCCN(CC(F)(F)F)CC1. The first kappa shape index (κ1) is 20.3. The van der Waals surface area contributed by atoms with Gasteiger partial charge in [0.1, 0.15) is 5.82 Å². The first-order valence-electron chi connectivity index (χ1n) is 9.37. The smallest absolute Gasteiger partial charge is 0.341 e. The Labute approximate surface area is 160 Å². The molecule has 2 aromatic rings. The minimum absolute atomic E-state index is 0.0722. The van der Waals surface area contributed by atoms with Crippen molar-refractivity contribution >= 4 is 16.8 Å². The molecule has 1 N–H and O–H groups in total. The van der Waals surface area contributed by atoms with Crippen LogP contribution < -0.4 is 5.56 Å². The van der Waals surface area contributed by atoms with Crippen LogP contribution in [0.3, 0.4) is 0 Å². The zero-order valence-corrected chi connectivity index (χ0v) is 15.5. The highest BCUT2D eigenvalue weighted by Gasteiger charge is 2.31. The predicted octanol–water partition coefficient (Wildman–Crippen LogP) is 2.34. The third-order valence-corrected chi connectivity index (χ3v) is 4.81. The van der Waals surface area contributed by atoms with E-state index in [2.05, 4.69) is 9.97 Å². The van der Waals surface area contributed by atoms with Crippen molar-refractivity contribution in [3.05, 3.63) is 40.4 Å². The summed E-state index contributed by atoms with van der Waals surface area (Å²) in [6, 6.07) is 7.05. The molecule has 1 aliphatic heterocycles. The van der Waals surface area contributed by atoms with Crippen molar-refractivity contribution in [1.82, 2.24) is 19.8 Å². The molecule has 0 unspecified atom stereocenters. The largest absolute Gasteiger partial charge is 0.401 e. The van der Waals surface area contributed by atoms with Crippen LogP contribution in [-0.2, 0) is 11.2 Å². The number of fused-ring (bicyclic) bond motifs is 1. The van der Waals surface area contributed by atoms with Crippen LogP contribution in [-0.4, -0.2) is 64.6 Å². The molecule has 1 saturated heterocycles. The fourth-order valence-electron chi connectivity index (χ4n) is 3.45. The van der Waals surface area contributed by atoms with Crippen molar-refractivity contribution in [1.29, 1.82) is 0 Å². The highest BCUT2D eigenvalue weighted by atomic mass is 19.4. The normalized spacial score (nSPS) is 16.3. The lowest BCUT2D eigenvalue weighted by Crippen LogP contribution is -2.38. The van der Waals surface area contributed by atoms with Gasteiger partial charge in [-0.15, -0.1) is 0 Å². The number of amides is 1. The van der Waals surface area contributed by atoms with Gasteiger partial charge in [-0.25, -0.2) is 4.98 Å². The van der Waals surface area contributed by atoms with E-state index in [1.54, 1.807) is 23.1 Å². The lowest BCUT2D eigenvalue weighted by Gasteiger charge is -2.22. The Morgan fingerprint density at radius 3 is 2.71 bits per heavy atom. The minimum atomic E-state index is -4.22. The number of carbonyl (C=O) groups excluding carboxylic acids is 1. The van der Waals surface area contributed by atoms with Gasteiger partial charge in [-0.1, -0.05) is 12.1 Å². The van der Waals surface area contributed by atoms with Crippen LogP contribution in [0.15, 0.2) is 29.1 Å². The Balaban J connectivity index is 1.50. The number of hydrogen-bond donors (Lipinski definition) is 1. The zero-order chi connectivity index (χ0) is 20.1. The van der Waals surface area contributed by atoms with E-state index in [9.17, 15) is 22.8 Å². The van der Waals surface area contributed by atoms with Crippen molar-refractivity contribution < 1.29 is 18.0 Å². The maximum Gasteiger partial charge on any atom is 0.401 e. The first-order chi connectivity index (χ1) is 13.3. The van der Waals surface area contributed by atoms with Crippen LogP contribution in [0.2, 0.25) is 0 Å². The van der Waals surface area contributed by atoms with Crippen LogP contribution in [0, 0.1) is 0 Å². The van der Waals surface area contributed by atoms with E-state index in [4.69, 9.17) is 0 Å². The third-order valence-electron chi connectivity index (χ3n) is 4.81. The third kappa shape index (κ3) is 5.54. The topological polar surface area (TPSA) is 69.3 Å². The van der Waals surface area contributed by atoms with Gasteiger partial charge >= 0.3 is 6.18 Å². The highest BCUT2D eigenvalue weighted by molar-refractivity contribution is 5.77. The molecule has 3 rings (SSSR count). The number of nitrogens with zero attached hydrogens (tertiary/aromatic N) is 3. The molecule has 0 saturated carbocycles. The van der Waals surface area contributed by atoms with Gasteiger partial charge in [0.05, 0.1) is 17.4 Å². The molecule has 6 nitrogen and oxygen atoms in total. The molecule has 1 aromatic carbocycles. The number of halogens is 3. The molecule has 2 heterocycles. The number of nitrogens with one attached hydrogen (secondary N) is 1. The Morgan fingerprint density at radius 2 is 1.93 bits per heavy atom. The Bertz CT molecular complexity index is 881. The summed E-state index contributed by atoms with van der Waals surface area (Å²) in [7, 11) is 0. The van der Waals surface area contributed by atoms with Gasteiger partial charge in [-0.3, -0.25) is 14.5 Å². The van der Waals surface area contributed by atoms with Gasteiger partial charge in [0.15, 0.2) is 0 Å². The zero-order valence-electron chi connectivity index (χ0n) is 15.5. The molecule has 0 atom stereocenters. The summed E-state index contributed by atoms with van der Waals surface area (Å²) in [5.74, 6) is 0.459. The summed E-state index contributed by atoms with van der Waals surface area (Å²) in [5.41, 5.74) is 0.411. The number of carbonyl (C=O) groups is 1. The van der Waals surface area contributed by atoms with E-state index in [0.717, 1.165) is 0 Å². The summed E-state index contributed by atoms with van der Waals surface area (Å²) in [6.45, 7) is 0.407. The second-order valence-electron chi connectivity index (χ2n) is 7.01. The predicted molar refractivity (Wildman–Crippen MR) is 99.0 cm³/mol. The highest BCUT2D eigenvalue weighted by Crippen LogP contribution is 2.18. The van der Waals surface area contributed by atoms with Crippen molar-refractivity contribution in [3.63, 3.8) is 0 Å². The number of para-hydroxylation sites is 1. The second-order valence-corrected chi connectivity index (χ2v) is 7.01. The molecule has 1 aromatic heterocycles. The standard InChI is InChI=1S/C19H23F3N4O2/c20-19(21,22)13-25-9-4-10-26(12-11-25)17(27)8-3-7-16-23-15-6-2-1-5-14(15)18(28)24-16/h1-2,5-6H,3-4,7-13H2,(H,23,24,28). The van der Waals surface area contributed by atoms with Crippen molar-refractivity contribution in [2.24, 2.45) is 0 Å². The Morgan fingerprint density at radius 1 is 1.14 bits per heavy atom. The molecule has 0 bridgehead atoms. The molecule has 152 valence electrons. The van der Waals surface area contributed by atoms with Crippen molar-refractivity contribution in [2.75, 3.05) is 32.7 Å². The Kier molecular flexibility index (Phi) is 6.33. The minimum Gasteiger partial charge on any atom is -0.341 e. The maximum absolute atomic E-state index is 12.5. The number of hydrogen-bond acceptors (Lipinski definition) is 4. The summed E-state index contributed by atoms with van der Waals surface area (Å²) in [5, 5.41) is 0.523. The van der Waals surface area contributed by atoms with E-state index in [0.29, 0.717) is 55.6 Å². The molecule has 1 amide bonds. The number of aryl methyl sites for hydroxylation is 1. The van der Waals surface area contributed by atoms with E-state index in [1.165, 1.54) is 4.90 Å². The average Bonchev–Trinajstić information content (AvgIpc) is 2.86. The molecule has 0 spiro atoms. The van der Waals surface area contributed by atoms with Crippen LogP contribution >= 0.6 is 0 Å². The fraction of sp³-hybridized carbons (Fsp3) is 0.526. The maximum atomic E-state index is 12.5. The fourth-order valence-corrected chi connectivity index (χ4v) is 3.45. The lowest BCUT2D eigenvalue weighted by molar-refractivity contribution is -0.145. The molecule has 9 heteroatoms. The number of benzene rings is 1.